The number of hydrogen-bond acceptors (Lipinski definition) is 4. The summed E-state index contributed by atoms with van der Waals surface area (Å²) < 4.78 is 0. The van der Waals surface area contributed by atoms with E-state index < -0.39 is 0 Å². The lowest BCUT2D eigenvalue weighted by Gasteiger charge is -2.40. The SMILES string of the molecule is Cc1ccc(N2C(=O)CCC(C(=O)Nc3cccnc3)C2c2cccs2)cc1. The van der Waals surface area contributed by atoms with Crippen LogP contribution in [0.25, 0.3) is 0 Å². The number of nitrogens with zero attached hydrogens (tertiary/aromatic N) is 2. The molecule has 28 heavy (non-hydrogen) atoms. The Morgan fingerprint density at radius 3 is 2.68 bits per heavy atom. The second-order valence-electron chi connectivity index (χ2n) is 6.94. The number of benzene rings is 1. The number of piperidine rings is 1. The number of pyridine rings is 1. The lowest BCUT2D eigenvalue weighted by molar-refractivity contribution is -0.125. The summed E-state index contributed by atoms with van der Waals surface area (Å²) in [6, 6.07) is 15.1. The van der Waals surface area contributed by atoms with Gasteiger partial charge in [0.25, 0.3) is 0 Å². The van der Waals surface area contributed by atoms with E-state index >= 15 is 0 Å². The molecular formula is C22H21N3O2S. The molecule has 2 amide bonds. The molecule has 1 saturated heterocycles. The van der Waals surface area contributed by atoms with Crippen LogP contribution in [0.4, 0.5) is 11.4 Å². The van der Waals surface area contributed by atoms with Crippen molar-refractivity contribution in [3.8, 4) is 0 Å². The van der Waals surface area contributed by atoms with E-state index in [1.54, 1.807) is 34.7 Å². The van der Waals surface area contributed by atoms with E-state index in [1.807, 2.05) is 54.8 Å². The van der Waals surface area contributed by atoms with Gasteiger partial charge in [0.2, 0.25) is 11.8 Å². The summed E-state index contributed by atoms with van der Waals surface area (Å²) in [6.07, 6.45) is 4.17. The van der Waals surface area contributed by atoms with E-state index in [0.717, 1.165) is 16.1 Å². The second kappa shape index (κ2) is 7.94. The van der Waals surface area contributed by atoms with Crippen LogP contribution in [0.5, 0.6) is 0 Å². The van der Waals surface area contributed by atoms with Gasteiger partial charge in [0.15, 0.2) is 0 Å². The van der Waals surface area contributed by atoms with E-state index in [2.05, 4.69) is 10.3 Å². The number of rotatable bonds is 4. The minimum Gasteiger partial charge on any atom is -0.324 e. The van der Waals surface area contributed by atoms with Crippen LogP contribution in [0.1, 0.15) is 29.3 Å². The molecule has 1 aromatic carbocycles. The molecule has 0 spiro atoms. The number of nitrogens with one attached hydrogen (secondary N) is 1. The molecule has 2 atom stereocenters. The zero-order valence-corrected chi connectivity index (χ0v) is 16.4. The Morgan fingerprint density at radius 1 is 1.18 bits per heavy atom. The molecule has 0 radical (unpaired) electrons. The third-order valence-corrected chi connectivity index (χ3v) is 5.95. The van der Waals surface area contributed by atoms with Gasteiger partial charge < -0.3 is 10.2 Å². The average Bonchev–Trinajstić information content (AvgIpc) is 3.24. The van der Waals surface area contributed by atoms with Gasteiger partial charge >= 0.3 is 0 Å². The molecule has 0 bridgehead atoms. The number of aryl methyl sites for hydroxylation is 1. The highest BCUT2D eigenvalue weighted by Crippen LogP contribution is 2.42. The van der Waals surface area contributed by atoms with Gasteiger partial charge in [0, 0.05) is 23.2 Å². The maximum Gasteiger partial charge on any atom is 0.230 e. The normalized spacial score (nSPS) is 19.5. The van der Waals surface area contributed by atoms with Crippen molar-refractivity contribution in [1.29, 1.82) is 0 Å². The highest BCUT2D eigenvalue weighted by Gasteiger charge is 2.42. The first-order valence-corrected chi connectivity index (χ1v) is 10.1. The van der Waals surface area contributed by atoms with Crippen LogP contribution in [0, 0.1) is 12.8 Å². The molecule has 5 nitrogen and oxygen atoms in total. The molecule has 3 heterocycles. The van der Waals surface area contributed by atoms with Crippen LogP contribution >= 0.6 is 11.3 Å². The monoisotopic (exact) mass is 391 g/mol. The topological polar surface area (TPSA) is 62.3 Å². The lowest BCUT2D eigenvalue weighted by atomic mass is 9.86. The first kappa shape index (κ1) is 18.4. The Bertz CT molecular complexity index is 955. The lowest BCUT2D eigenvalue weighted by Crippen LogP contribution is -2.46. The number of thiophene rings is 1. The van der Waals surface area contributed by atoms with E-state index in [9.17, 15) is 9.59 Å². The van der Waals surface area contributed by atoms with Crippen molar-refractivity contribution in [2.75, 3.05) is 10.2 Å². The van der Waals surface area contributed by atoms with Crippen molar-refractivity contribution >= 4 is 34.5 Å². The number of amides is 2. The molecule has 142 valence electrons. The average molecular weight is 391 g/mol. The number of anilines is 2. The van der Waals surface area contributed by atoms with Crippen molar-refractivity contribution < 1.29 is 9.59 Å². The predicted octanol–water partition coefficient (Wildman–Crippen LogP) is 4.57. The van der Waals surface area contributed by atoms with Gasteiger partial charge in [-0.25, -0.2) is 0 Å². The fraction of sp³-hybridized carbons (Fsp3) is 0.227. The van der Waals surface area contributed by atoms with E-state index in [-0.39, 0.29) is 23.8 Å². The van der Waals surface area contributed by atoms with E-state index in [1.165, 1.54) is 0 Å². The smallest absolute Gasteiger partial charge is 0.230 e. The Morgan fingerprint density at radius 2 is 2.00 bits per heavy atom. The molecule has 0 saturated carbocycles. The molecule has 4 rings (SSSR count). The predicted molar refractivity (Wildman–Crippen MR) is 111 cm³/mol. The number of aromatic nitrogens is 1. The summed E-state index contributed by atoms with van der Waals surface area (Å²) in [7, 11) is 0. The standard InChI is InChI=1S/C22H21N3O2S/c1-15-6-8-17(9-7-15)25-20(26)11-10-18(21(25)19-5-3-13-28-19)22(27)24-16-4-2-12-23-14-16/h2-9,12-14,18,21H,10-11H2,1H3,(H,24,27). The molecule has 0 aliphatic carbocycles. The fourth-order valence-electron chi connectivity index (χ4n) is 3.63. The van der Waals surface area contributed by atoms with Crippen LogP contribution < -0.4 is 10.2 Å². The zero-order valence-electron chi connectivity index (χ0n) is 15.5. The van der Waals surface area contributed by atoms with Crippen LogP contribution in [-0.4, -0.2) is 16.8 Å². The van der Waals surface area contributed by atoms with Gasteiger partial charge in [0.05, 0.1) is 23.8 Å². The molecule has 6 heteroatoms. The maximum atomic E-state index is 13.1. The van der Waals surface area contributed by atoms with Gasteiger partial charge in [0.1, 0.15) is 0 Å². The minimum absolute atomic E-state index is 0.0488. The summed E-state index contributed by atoms with van der Waals surface area (Å²) >= 11 is 1.57. The van der Waals surface area contributed by atoms with Crippen LogP contribution in [0.2, 0.25) is 0 Å². The quantitative estimate of drug-likeness (QED) is 0.708. The van der Waals surface area contributed by atoms with Gasteiger partial charge in [-0.3, -0.25) is 14.6 Å². The summed E-state index contributed by atoms with van der Waals surface area (Å²) in [6.45, 7) is 2.02. The largest absolute Gasteiger partial charge is 0.324 e. The fourth-order valence-corrected chi connectivity index (χ4v) is 4.51. The van der Waals surface area contributed by atoms with E-state index in [4.69, 9.17) is 0 Å². The molecule has 2 unspecified atom stereocenters. The van der Waals surface area contributed by atoms with Crippen molar-refractivity contribution in [1.82, 2.24) is 4.98 Å². The highest BCUT2D eigenvalue weighted by atomic mass is 32.1. The maximum absolute atomic E-state index is 13.1. The third kappa shape index (κ3) is 3.68. The third-order valence-electron chi connectivity index (χ3n) is 5.01. The number of carbonyl (C=O) groups excluding carboxylic acids is 2. The number of hydrogen-bond donors (Lipinski definition) is 1. The van der Waals surface area contributed by atoms with Crippen LogP contribution in [-0.2, 0) is 9.59 Å². The first-order chi connectivity index (χ1) is 13.6. The van der Waals surface area contributed by atoms with Crippen molar-refractivity contribution in [3.05, 3.63) is 76.7 Å². The highest BCUT2D eigenvalue weighted by molar-refractivity contribution is 7.10. The zero-order chi connectivity index (χ0) is 19.5. The molecular weight excluding hydrogens is 370 g/mol. The van der Waals surface area contributed by atoms with Crippen molar-refractivity contribution in [2.45, 2.75) is 25.8 Å². The van der Waals surface area contributed by atoms with Gasteiger partial charge in [-0.2, -0.15) is 0 Å². The van der Waals surface area contributed by atoms with Gasteiger partial charge in [-0.15, -0.1) is 11.3 Å². The molecule has 1 fully saturated rings. The molecule has 1 aliphatic rings. The number of carbonyl (C=O) groups is 2. The van der Waals surface area contributed by atoms with Gasteiger partial charge in [-0.1, -0.05) is 23.8 Å². The molecule has 3 aromatic rings. The van der Waals surface area contributed by atoms with E-state index in [0.29, 0.717) is 18.5 Å². The Labute approximate surface area is 168 Å². The first-order valence-electron chi connectivity index (χ1n) is 9.26. The Hall–Kier alpha value is -2.99. The summed E-state index contributed by atoms with van der Waals surface area (Å²) in [4.78, 5) is 32.9. The summed E-state index contributed by atoms with van der Waals surface area (Å²) in [5.41, 5.74) is 2.62. The molecule has 1 aliphatic heterocycles. The van der Waals surface area contributed by atoms with Crippen LogP contribution in [0.15, 0.2) is 66.3 Å². The summed E-state index contributed by atoms with van der Waals surface area (Å²) in [5, 5.41) is 4.95. The van der Waals surface area contributed by atoms with Crippen LogP contribution in [0.3, 0.4) is 0 Å². The minimum atomic E-state index is -0.335. The second-order valence-corrected chi connectivity index (χ2v) is 7.91. The van der Waals surface area contributed by atoms with Crippen molar-refractivity contribution in [3.63, 3.8) is 0 Å². The molecule has 2 aromatic heterocycles. The molecule has 1 N–H and O–H groups in total. The Kier molecular flexibility index (Phi) is 5.21. The Balaban J connectivity index is 1.70. The summed E-state index contributed by atoms with van der Waals surface area (Å²) in [5.74, 6) is -0.374. The van der Waals surface area contributed by atoms with Crippen molar-refractivity contribution in [2.24, 2.45) is 5.92 Å². The van der Waals surface area contributed by atoms with Gasteiger partial charge in [-0.05, 0) is 49.1 Å².